The molecule has 0 saturated carbocycles. The van der Waals surface area contributed by atoms with Crippen LogP contribution in [0.2, 0.25) is 0 Å². The maximum absolute atomic E-state index is 11.8. The van der Waals surface area contributed by atoms with E-state index in [4.69, 9.17) is 11.1 Å². The van der Waals surface area contributed by atoms with E-state index in [1.807, 2.05) is 0 Å². The summed E-state index contributed by atoms with van der Waals surface area (Å²) >= 11 is 0. The van der Waals surface area contributed by atoms with Gasteiger partial charge in [-0.1, -0.05) is 0 Å². The number of aromatic nitrogens is 2. The van der Waals surface area contributed by atoms with Gasteiger partial charge in [0.05, 0.1) is 12.0 Å². The average Bonchev–Trinajstić information content (AvgIpc) is 2.66. The summed E-state index contributed by atoms with van der Waals surface area (Å²) in [7, 11) is -2.07. The largest absolute Gasteiger partial charge is 0.388 e. The molecule has 0 atom stereocenters. The number of aromatic amines is 1. The second kappa shape index (κ2) is 4.41. The molecule has 0 aliphatic carbocycles. The number of nitrogens with two attached hydrogens (primary N) is 1. The molecule has 0 radical (unpaired) electrons. The molecule has 0 amide bonds. The number of rotatable bonds is 5. The number of H-pyrrole nitrogens is 1. The van der Waals surface area contributed by atoms with Crippen LogP contribution in [0.5, 0.6) is 0 Å². The first-order chi connectivity index (χ1) is 6.94. The molecule has 84 valence electrons. The molecular formula is C7H13N5O2S. The Morgan fingerprint density at radius 2 is 2.40 bits per heavy atom. The van der Waals surface area contributed by atoms with Crippen molar-refractivity contribution in [1.82, 2.24) is 14.5 Å². The number of nitrogens with zero attached hydrogens (tertiary/aromatic N) is 2. The van der Waals surface area contributed by atoms with Crippen molar-refractivity contribution in [3.8, 4) is 0 Å². The fraction of sp³-hybridized carbons (Fsp3) is 0.429. The predicted molar refractivity (Wildman–Crippen MR) is 54.9 cm³/mol. The van der Waals surface area contributed by atoms with E-state index >= 15 is 0 Å². The lowest BCUT2D eigenvalue weighted by atomic mass is 10.4. The second-order valence-corrected chi connectivity index (χ2v) is 5.08. The molecule has 1 aromatic heterocycles. The van der Waals surface area contributed by atoms with E-state index in [2.05, 4.69) is 10.2 Å². The molecule has 0 fully saturated rings. The Balaban J connectivity index is 2.75. The molecular weight excluding hydrogens is 218 g/mol. The van der Waals surface area contributed by atoms with Crippen LogP contribution in [-0.2, 0) is 10.0 Å². The smallest absolute Gasteiger partial charge is 0.245 e. The summed E-state index contributed by atoms with van der Waals surface area (Å²) < 4.78 is 24.7. The molecule has 1 rings (SSSR count). The first kappa shape index (κ1) is 11.7. The van der Waals surface area contributed by atoms with Crippen LogP contribution in [0.1, 0.15) is 6.42 Å². The molecule has 0 unspecified atom stereocenters. The summed E-state index contributed by atoms with van der Waals surface area (Å²) in [5, 5.41) is 13.0. The van der Waals surface area contributed by atoms with E-state index in [-0.39, 0.29) is 23.7 Å². The van der Waals surface area contributed by atoms with Gasteiger partial charge >= 0.3 is 0 Å². The highest BCUT2D eigenvalue weighted by atomic mass is 32.2. The fourth-order valence-corrected chi connectivity index (χ4v) is 2.04. The highest BCUT2D eigenvalue weighted by Gasteiger charge is 2.21. The maximum Gasteiger partial charge on any atom is 0.245 e. The highest BCUT2D eigenvalue weighted by Crippen LogP contribution is 2.11. The van der Waals surface area contributed by atoms with Crippen LogP contribution in [0.3, 0.4) is 0 Å². The Morgan fingerprint density at radius 3 is 2.87 bits per heavy atom. The molecule has 8 heteroatoms. The van der Waals surface area contributed by atoms with Crippen LogP contribution in [0.4, 0.5) is 0 Å². The third-order valence-electron chi connectivity index (χ3n) is 1.88. The van der Waals surface area contributed by atoms with Crippen LogP contribution in [0, 0.1) is 5.41 Å². The van der Waals surface area contributed by atoms with E-state index in [0.717, 1.165) is 4.31 Å². The number of sulfonamides is 1. The average molecular weight is 231 g/mol. The van der Waals surface area contributed by atoms with Gasteiger partial charge in [-0.3, -0.25) is 10.5 Å². The van der Waals surface area contributed by atoms with Crippen LogP contribution >= 0.6 is 0 Å². The molecule has 15 heavy (non-hydrogen) atoms. The van der Waals surface area contributed by atoms with Crippen LogP contribution in [-0.4, -0.2) is 42.3 Å². The van der Waals surface area contributed by atoms with Crippen molar-refractivity contribution in [2.45, 2.75) is 11.3 Å². The number of hydrogen-bond acceptors (Lipinski definition) is 4. The van der Waals surface area contributed by atoms with Crippen LogP contribution in [0.15, 0.2) is 17.3 Å². The van der Waals surface area contributed by atoms with E-state index < -0.39 is 10.0 Å². The second-order valence-electron chi connectivity index (χ2n) is 3.04. The molecule has 0 saturated heterocycles. The summed E-state index contributed by atoms with van der Waals surface area (Å²) in [6, 6.07) is 0. The third-order valence-corrected chi connectivity index (χ3v) is 3.70. The number of nitrogens with one attached hydrogen (secondary N) is 2. The minimum atomic E-state index is -3.50. The van der Waals surface area contributed by atoms with Crippen molar-refractivity contribution in [1.29, 1.82) is 5.41 Å². The molecule has 0 aliphatic rings. The minimum absolute atomic E-state index is 0.0377. The topological polar surface area (TPSA) is 116 Å². The molecule has 1 heterocycles. The van der Waals surface area contributed by atoms with Gasteiger partial charge in [0.15, 0.2) is 0 Å². The zero-order valence-corrected chi connectivity index (χ0v) is 9.08. The van der Waals surface area contributed by atoms with Crippen molar-refractivity contribution in [2.75, 3.05) is 13.6 Å². The van der Waals surface area contributed by atoms with E-state index in [0.29, 0.717) is 0 Å². The van der Waals surface area contributed by atoms with Gasteiger partial charge in [-0.25, -0.2) is 12.7 Å². The molecule has 0 aromatic carbocycles. The van der Waals surface area contributed by atoms with Gasteiger partial charge in [-0.15, -0.1) is 0 Å². The van der Waals surface area contributed by atoms with Gasteiger partial charge in [-0.05, 0) is 0 Å². The summed E-state index contributed by atoms with van der Waals surface area (Å²) in [5.74, 6) is -0.0377. The Kier molecular flexibility index (Phi) is 3.43. The molecule has 0 spiro atoms. The van der Waals surface area contributed by atoms with Gasteiger partial charge < -0.3 is 5.73 Å². The summed E-state index contributed by atoms with van der Waals surface area (Å²) in [4.78, 5) is 0.105. The number of hydrogen-bond donors (Lipinski definition) is 3. The first-order valence-electron chi connectivity index (χ1n) is 4.22. The van der Waals surface area contributed by atoms with E-state index in [1.54, 1.807) is 0 Å². The van der Waals surface area contributed by atoms with Gasteiger partial charge in [0.1, 0.15) is 4.90 Å². The van der Waals surface area contributed by atoms with Gasteiger partial charge in [0.2, 0.25) is 10.0 Å². The zero-order valence-electron chi connectivity index (χ0n) is 8.27. The molecule has 0 bridgehead atoms. The SMILES string of the molecule is CN(CCC(=N)N)S(=O)(=O)c1cn[nH]c1. The van der Waals surface area contributed by atoms with E-state index in [1.165, 1.54) is 19.4 Å². The molecule has 4 N–H and O–H groups in total. The lowest BCUT2D eigenvalue weighted by Gasteiger charge is -2.14. The highest BCUT2D eigenvalue weighted by molar-refractivity contribution is 7.89. The molecule has 0 aliphatic heterocycles. The standard InChI is InChI=1S/C7H13N5O2S/c1-12(3-2-7(8)9)15(13,14)6-4-10-11-5-6/h4-5H,2-3H2,1H3,(H3,8,9)(H,10,11). The Bertz CT molecular complexity index is 424. The van der Waals surface area contributed by atoms with Gasteiger partial charge in [0.25, 0.3) is 0 Å². The lowest BCUT2D eigenvalue weighted by molar-refractivity contribution is 0.478. The normalized spacial score (nSPS) is 11.9. The first-order valence-corrected chi connectivity index (χ1v) is 5.66. The Hall–Kier alpha value is -1.41. The Labute approximate surface area is 87.8 Å². The van der Waals surface area contributed by atoms with Gasteiger partial charge in [-0.2, -0.15) is 5.10 Å². The monoisotopic (exact) mass is 231 g/mol. The van der Waals surface area contributed by atoms with Crippen LogP contribution in [0.25, 0.3) is 0 Å². The minimum Gasteiger partial charge on any atom is -0.388 e. The van der Waals surface area contributed by atoms with Crippen molar-refractivity contribution in [2.24, 2.45) is 5.73 Å². The third kappa shape index (κ3) is 2.77. The molecule has 7 nitrogen and oxygen atoms in total. The van der Waals surface area contributed by atoms with Crippen molar-refractivity contribution >= 4 is 15.9 Å². The zero-order chi connectivity index (χ0) is 11.5. The quantitative estimate of drug-likeness (QED) is 0.461. The fourth-order valence-electron chi connectivity index (χ4n) is 0.958. The van der Waals surface area contributed by atoms with Crippen molar-refractivity contribution in [3.63, 3.8) is 0 Å². The van der Waals surface area contributed by atoms with E-state index in [9.17, 15) is 8.42 Å². The molecule has 1 aromatic rings. The Morgan fingerprint density at radius 1 is 1.73 bits per heavy atom. The van der Waals surface area contributed by atoms with Crippen LogP contribution < -0.4 is 5.73 Å². The number of amidine groups is 1. The summed E-state index contributed by atoms with van der Waals surface area (Å²) in [6.07, 6.45) is 2.76. The maximum atomic E-state index is 11.8. The summed E-state index contributed by atoms with van der Waals surface area (Å²) in [6.45, 7) is 0.183. The summed E-state index contributed by atoms with van der Waals surface area (Å²) in [5.41, 5.74) is 5.15. The van der Waals surface area contributed by atoms with Crippen molar-refractivity contribution in [3.05, 3.63) is 12.4 Å². The predicted octanol–water partition coefficient (Wildman–Crippen LogP) is -0.644. The van der Waals surface area contributed by atoms with Gasteiger partial charge in [0, 0.05) is 26.2 Å². The van der Waals surface area contributed by atoms with Crippen molar-refractivity contribution < 1.29 is 8.42 Å². The lowest BCUT2D eigenvalue weighted by Crippen LogP contribution is -2.30.